The molecule has 17 heavy (non-hydrogen) atoms. The van der Waals surface area contributed by atoms with Crippen molar-refractivity contribution >= 4 is 17.6 Å². The Balaban J connectivity index is 2.65. The SMILES string of the molecule is CC(C)n1nccc1NC(=O)C(=O)NCC#N. The van der Waals surface area contributed by atoms with E-state index in [0.29, 0.717) is 5.82 Å². The number of carbonyl (C=O) groups is 2. The third kappa shape index (κ3) is 3.31. The predicted octanol–water partition coefficient (Wildman–Crippen LogP) is 0.0423. The van der Waals surface area contributed by atoms with E-state index in [-0.39, 0.29) is 12.6 Å². The van der Waals surface area contributed by atoms with E-state index in [2.05, 4.69) is 15.7 Å². The maximum Gasteiger partial charge on any atom is 0.314 e. The van der Waals surface area contributed by atoms with Crippen LogP contribution in [0.1, 0.15) is 19.9 Å². The van der Waals surface area contributed by atoms with E-state index < -0.39 is 11.8 Å². The lowest BCUT2D eigenvalue weighted by atomic mass is 10.4. The summed E-state index contributed by atoms with van der Waals surface area (Å²) in [4.78, 5) is 22.6. The Kier molecular flexibility index (Phi) is 4.22. The van der Waals surface area contributed by atoms with Crippen LogP contribution in [0.25, 0.3) is 0 Å². The molecule has 0 fully saturated rings. The van der Waals surface area contributed by atoms with E-state index in [0.717, 1.165) is 0 Å². The summed E-state index contributed by atoms with van der Waals surface area (Å²) in [6.45, 7) is 3.60. The molecule has 7 heteroatoms. The van der Waals surface area contributed by atoms with Crippen LogP contribution >= 0.6 is 0 Å². The molecular weight excluding hydrogens is 222 g/mol. The van der Waals surface area contributed by atoms with Crippen LogP contribution in [-0.2, 0) is 9.59 Å². The number of nitriles is 1. The van der Waals surface area contributed by atoms with Gasteiger partial charge in [-0.05, 0) is 13.8 Å². The molecule has 1 heterocycles. The number of amides is 2. The molecule has 0 aliphatic rings. The maximum absolute atomic E-state index is 11.4. The minimum absolute atomic E-state index is 0.0717. The molecular formula is C10H13N5O2. The summed E-state index contributed by atoms with van der Waals surface area (Å²) in [5.41, 5.74) is 0. The fraction of sp³-hybridized carbons (Fsp3) is 0.400. The third-order valence-electron chi connectivity index (χ3n) is 1.94. The first-order valence-corrected chi connectivity index (χ1v) is 5.06. The molecule has 0 bridgehead atoms. The Morgan fingerprint density at radius 2 is 2.24 bits per heavy atom. The number of carbonyl (C=O) groups excluding carboxylic acids is 2. The number of aromatic nitrogens is 2. The monoisotopic (exact) mass is 235 g/mol. The van der Waals surface area contributed by atoms with Crippen molar-refractivity contribution in [3.63, 3.8) is 0 Å². The Hall–Kier alpha value is -2.36. The van der Waals surface area contributed by atoms with Crippen LogP contribution in [0.2, 0.25) is 0 Å². The number of anilines is 1. The van der Waals surface area contributed by atoms with Crippen molar-refractivity contribution in [1.29, 1.82) is 5.26 Å². The summed E-state index contributed by atoms with van der Waals surface area (Å²) in [5, 5.41) is 16.8. The van der Waals surface area contributed by atoms with E-state index in [9.17, 15) is 9.59 Å². The molecule has 1 rings (SSSR count). The van der Waals surface area contributed by atoms with Gasteiger partial charge >= 0.3 is 11.8 Å². The summed E-state index contributed by atoms with van der Waals surface area (Å²) in [6, 6.07) is 3.38. The molecule has 0 saturated heterocycles. The van der Waals surface area contributed by atoms with Gasteiger partial charge in [-0.1, -0.05) is 0 Å². The molecule has 0 unspecified atom stereocenters. The van der Waals surface area contributed by atoms with Crippen LogP contribution in [0.5, 0.6) is 0 Å². The van der Waals surface area contributed by atoms with E-state index in [1.807, 2.05) is 13.8 Å². The molecule has 0 spiro atoms. The second kappa shape index (κ2) is 5.65. The molecule has 2 N–H and O–H groups in total. The molecule has 0 saturated carbocycles. The van der Waals surface area contributed by atoms with Gasteiger partial charge in [0, 0.05) is 12.1 Å². The first kappa shape index (κ1) is 12.7. The largest absolute Gasteiger partial charge is 0.335 e. The smallest absolute Gasteiger partial charge is 0.314 e. The summed E-state index contributed by atoms with van der Waals surface area (Å²) >= 11 is 0. The predicted molar refractivity (Wildman–Crippen MR) is 59.9 cm³/mol. The zero-order chi connectivity index (χ0) is 12.8. The van der Waals surface area contributed by atoms with Gasteiger partial charge in [-0.15, -0.1) is 0 Å². The van der Waals surface area contributed by atoms with Gasteiger partial charge in [-0.25, -0.2) is 4.68 Å². The number of nitrogens with one attached hydrogen (secondary N) is 2. The number of hydrogen-bond donors (Lipinski definition) is 2. The van der Waals surface area contributed by atoms with Crippen molar-refractivity contribution in [2.75, 3.05) is 11.9 Å². The van der Waals surface area contributed by atoms with Crippen molar-refractivity contribution in [2.24, 2.45) is 0 Å². The van der Waals surface area contributed by atoms with Gasteiger partial charge in [-0.2, -0.15) is 10.4 Å². The van der Waals surface area contributed by atoms with E-state index >= 15 is 0 Å². The van der Waals surface area contributed by atoms with Gasteiger partial charge in [-0.3, -0.25) is 9.59 Å². The normalized spacial score (nSPS) is 9.76. The Labute approximate surface area is 98.4 Å². The molecule has 1 aromatic heterocycles. The van der Waals surface area contributed by atoms with Crippen LogP contribution in [0.4, 0.5) is 5.82 Å². The lowest BCUT2D eigenvalue weighted by molar-refractivity contribution is -0.136. The first-order chi connectivity index (χ1) is 8.06. The van der Waals surface area contributed by atoms with Crippen LogP contribution in [0, 0.1) is 11.3 Å². The van der Waals surface area contributed by atoms with Gasteiger partial charge in [0.25, 0.3) is 0 Å². The standard InChI is InChI=1S/C10H13N5O2/c1-7(2)15-8(3-5-13-15)14-10(17)9(16)12-6-4-11/h3,5,7H,6H2,1-2H3,(H,12,16)(H,14,17). The summed E-state index contributed by atoms with van der Waals surface area (Å²) in [6.07, 6.45) is 1.53. The molecule has 0 aromatic carbocycles. The highest BCUT2D eigenvalue weighted by Crippen LogP contribution is 2.12. The van der Waals surface area contributed by atoms with Crippen molar-refractivity contribution in [1.82, 2.24) is 15.1 Å². The highest BCUT2D eigenvalue weighted by molar-refractivity contribution is 6.39. The second-order valence-corrected chi connectivity index (χ2v) is 3.55. The summed E-state index contributed by atoms with van der Waals surface area (Å²) in [7, 11) is 0. The fourth-order valence-corrected chi connectivity index (χ4v) is 1.20. The van der Waals surface area contributed by atoms with Gasteiger partial charge in [0.15, 0.2) is 0 Å². The Bertz CT molecular complexity index is 458. The van der Waals surface area contributed by atoms with Crippen molar-refractivity contribution in [3.8, 4) is 6.07 Å². The highest BCUT2D eigenvalue weighted by Gasteiger charge is 2.15. The van der Waals surface area contributed by atoms with Crippen LogP contribution in [-0.4, -0.2) is 28.1 Å². The number of nitrogens with zero attached hydrogens (tertiary/aromatic N) is 3. The van der Waals surface area contributed by atoms with E-state index in [1.54, 1.807) is 16.8 Å². The molecule has 1 aromatic rings. The first-order valence-electron chi connectivity index (χ1n) is 5.06. The molecule has 90 valence electrons. The summed E-state index contributed by atoms with van der Waals surface area (Å²) < 4.78 is 1.58. The topological polar surface area (TPSA) is 99.8 Å². The molecule has 2 amide bonds. The molecule has 0 atom stereocenters. The lowest BCUT2D eigenvalue weighted by Gasteiger charge is -2.11. The van der Waals surface area contributed by atoms with Crippen LogP contribution < -0.4 is 10.6 Å². The zero-order valence-electron chi connectivity index (χ0n) is 9.60. The molecule has 0 radical (unpaired) electrons. The fourth-order valence-electron chi connectivity index (χ4n) is 1.20. The van der Waals surface area contributed by atoms with E-state index in [4.69, 9.17) is 5.26 Å². The van der Waals surface area contributed by atoms with Gasteiger partial charge in [0.05, 0.1) is 12.3 Å². The average Bonchev–Trinajstić information content (AvgIpc) is 2.73. The average molecular weight is 235 g/mol. The van der Waals surface area contributed by atoms with Gasteiger partial charge < -0.3 is 10.6 Å². The number of rotatable bonds is 3. The third-order valence-corrected chi connectivity index (χ3v) is 1.94. The summed E-state index contributed by atoms with van der Waals surface area (Å²) in [5.74, 6) is -1.22. The minimum Gasteiger partial charge on any atom is -0.335 e. The molecule has 0 aliphatic carbocycles. The second-order valence-electron chi connectivity index (χ2n) is 3.55. The van der Waals surface area contributed by atoms with Crippen molar-refractivity contribution in [2.45, 2.75) is 19.9 Å². The van der Waals surface area contributed by atoms with Crippen LogP contribution in [0.15, 0.2) is 12.3 Å². The van der Waals surface area contributed by atoms with Crippen molar-refractivity contribution < 1.29 is 9.59 Å². The number of hydrogen-bond acceptors (Lipinski definition) is 4. The minimum atomic E-state index is -0.844. The van der Waals surface area contributed by atoms with Gasteiger partial charge in [0.2, 0.25) is 0 Å². The highest BCUT2D eigenvalue weighted by atomic mass is 16.2. The lowest BCUT2D eigenvalue weighted by Crippen LogP contribution is -2.36. The Morgan fingerprint density at radius 1 is 1.53 bits per heavy atom. The zero-order valence-corrected chi connectivity index (χ0v) is 9.60. The quantitative estimate of drug-likeness (QED) is 0.570. The van der Waals surface area contributed by atoms with Crippen LogP contribution in [0.3, 0.4) is 0 Å². The molecule has 0 aliphatic heterocycles. The van der Waals surface area contributed by atoms with Gasteiger partial charge in [0.1, 0.15) is 12.4 Å². The van der Waals surface area contributed by atoms with E-state index in [1.165, 1.54) is 6.20 Å². The molecule has 7 nitrogen and oxygen atoms in total. The maximum atomic E-state index is 11.4. The van der Waals surface area contributed by atoms with Crippen molar-refractivity contribution in [3.05, 3.63) is 12.3 Å². The Morgan fingerprint density at radius 3 is 2.82 bits per heavy atom.